The zero-order valence-electron chi connectivity index (χ0n) is 12.6. The average molecular weight is 273 g/mol. The van der Waals surface area contributed by atoms with Crippen molar-refractivity contribution in [2.45, 2.75) is 33.1 Å². The lowest BCUT2D eigenvalue weighted by Gasteiger charge is -2.17. The molecule has 1 aromatic rings. The molecule has 0 radical (unpaired) electrons. The molecule has 0 heterocycles. The van der Waals surface area contributed by atoms with E-state index >= 15 is 0 Å². The minimum absolute atomic E-state index is 0.0346. The summed E-state index contributed by atoms with van der Waals surface area (Å²) in [5.41, 5.74) is 2.52. The Bertz CT molecular complexity index is 511. The van der Waals surface area contributed by atoms with Crippen molar-refractivity contribution >= 4 is 5.91 Å². The standard InChI is InChI=1S/C17H23NO2/c1-4-5-9-18(3)17(20)16-12-14(2)11-15(13-16)8-6-7-10-19/h11-13,19H,4-5,7,9-10H2,1-3H3. The van der Waals surface area contributed by atoms with Gasteiger partial charge >= 0.3 is 0 Å². The van der Waals surface area contributed by atoms with Gasteiger partial charge in [-0.1, -0.05) is 25.2 Å². The third kappa shape index (κ3) is 5.07. The minimum Gasteiger partial charge on any atom is -0.395 e. The summed E-state index contributed by atoms with van der Waals surface area (Å²) in [7, 11) is 1.83. The van der Waals surface area contributed by atoms with Gasteiger partial charge in [-0.05, 0) is 37.1 Å². The summed E-state index contributed by atoms with van der Waals surface area (Å²) in [6.07, 6.45) is 2.54. The molecule has 20 heavy (non-hydrogen) atoms. The molecule has 0 aromatic heterocycles. The van der Waals surface area contributed by atoms with E-state index in [-0.39, 0.29) is 12.5 Å². The van der Waals surface area contributed by atoms with Crippen molar-refractivity contribution < 1.29 is 9.90 Å². The fourth-order valence-electron chi connectivity index (χ4n) is 1.92. The normalized spacial score (nSPS) is 9.80. The van der Waals surface area contributed by atoms with Crippen molar-refractivity contribution in [1.29, 1.82) is 0 Å². The van der Waals surface area contributed by atoms with Crippen LogP contribution >= 0.6 is 0 Å². The third-order valence-corrected chi connectivity index (χ3v) is 2.99. The molecule has 0 spiro atoms. The maximum absolute atomic E-state index is 12.3. The zero-order chi connectivity index (χ0) is 15.0. The monoisotopic (exact) mass is 273 g/mol. The summed E-state index contributed by atoms with van der Waals surface area (Å²) in [4.78, 5) is 14.1. The quantitative estimate of drug-likeness (QED) is 0.838. The van der Waals surface area contributed by atoms with Crippen LogP contribution in [0.4, 0.5) is 0 Å². The van der Waals surface area contributed by atoms with Gasteiger partial charge in [0.15, 0.2) is 0 Å². The van der Waals surface area contributed by atoms with Crippen LogP contribution in [0.3, 0.4) is 0 Å². The summed E-state index contributed by atoms with van der Waals surface area (Å²) in [6, 6.07) is 5.66. The van der Waals surface area contributed by atoms with Crippen LogP contribution in [0.1, 0.15) is 47.7 Å². The van der Waals surface area contributed by atoms with E-state index in [4.69, 9.17) is 5.11 Å². The van der Waals surface area contributed by atoms with Gasteiger partial charge in [0.1, 0.15) is 0 Å². The summed E-state index contributed by atoms with van der Waals surface area (Å²) < 4.78 is 0. The van der Waals surface area contributed by atoms with Crippen LogP contribution in [0, 0.1) is 18.8 Å². The molecule has 0 fully saturated rings. The van der Waals surface area contributed by atoms with E-state index in [0.29, 0.717) is 12.0 Å². The Kier molecular flexibility index (Phi) is 6.83. The van der Waals surface area contributed by atoms with Gasteiger partial charge in [0, 0.05) is 31.1 Å². The number of hydrogen-bond acceptors (Lipinski definition) is 2. The van der Waals surface area contributed by atoms with Crippen LogP contribution in [0.15, 0.2) is 18.2 Å². The zero-order valence-corrected chi connectivity index (χ0v) is 12.6. The number of benzene rings is 1. The largest absolute Gasteiger partial charge is 0.395 e. The van der Waals surface area contributed by atoms with Gasteiger partial charge in [0.2, 0.25) is 0 Å². The second-order valence-corrected chi connectivity index (χ2v) is 4.94. The Morgan fingerprint density at radius 2 is 2.10 bits per heavy atom. The van der Waals surface area contributed by atoms with Crippen molar-refractivity contribution in [2.24, 2.45) is 0 Å². The lowest BCUT2D eigenvalue weighted by atomic mass is 10.1. The smallest absolute Gasteiger partial charge is 0.253 e. The lowest BCUT2D eigenvalue weighted by Crippen LogP contribution is -2.27. The lowest BCUT2D eigenvalue weighted by molar-refractivity contribution is 0.0793. The molecule has 1 N–H and O–H groups in total. The highest BCUT2D eigenvalue weighted by Crippen LogP contribution is 2.11. The second-order valence-electron chi connectivity index (χ2n) is 4.94. The second kappa shape index (κ2) is 8.39. The van der Waals surface area contributed by atoms with Crippen molar-refractivity contribution in [3.63, 3.8) is 0 Å². The molecule has 0 saturated heterocycles. The van der Waals surface area contributed by atoms with Gasteiger partial charge in [-0.3, -0.25) is 4.79 Å². The van der Waals surface area contributed by atoms with Crippen molar-refractivity contribution in [3.05, 3.63) is 34.9 Å². The van der Waals surface area contributed by atoms with E-state index in [0.717, 1.165) is 30.5 Å². The van der Waals surface area contributed by atoms with Crippen LogP contribution in [0.2, 0.25) is 0 Å². The molecule has 3 nitrogen and oxygen atoms in total. The fourth-order valence-corrected chi connectivity index (χ4v) is 1.92. The number of amides is 1. The van der Waals surface area contributed by atoms with Gasteiger partial charge in [-0.2, -0.15) is 0 Å². The number of aliphatic hydroxyl groups is 1. The maximum atomic E-state index is 12.3. The Labute approximate surface area is 121 Å². The van der Waals surface area contributed by atoms with Crippen LogP contribution < -0.4 is 0 Å². The Morgan fingerprint density at radius 1 is 1.35 bits per heavy atom. The topological polar surface area (TPSA) is 40.5 Å². The van der Waals surface area contributed by atoms with Crippen LogP contribution in [0.5, 0.6) is 0 Å². The molecule has 3 heteroatoms. The van der Waals surface area contributed by atoms with E-state index < -0.39 is 0 Å². The highest BCUT2D eigenvalue weighted by Gasteiger charge is 2.12. The molecule has 0 atom stereocenters. The third-order valence-electron chi connectivity index (χ3n) is 2.99. The molecule has 0 bridgehead atoms. The Morgan fingerprint density at radius 3 is 2.75 bits per heavy atom. The molecule has 1 rings (SSSR count). The highest BCUT2D eigenvalue weighted by molar-refractivity contribution is 5.94. The minimum atomic E-state index is 0.0346. The molecule has 1 aromatic carbocycles. The predicted molar refractivity (Wildman–Crippen MR) is 81.6 cm³/mol. The van der Waals surface area contributed by atoms with Crippen LogP contribution in [0.25, 0.3) is 0 Å². The molecular formula is C17H23NO2. The van der Waals surface area contributed by atoms with E-state index in [1.165, 1.54) is 0 Å². The van der Waals surface area contributed by atoms with Gasteiger partial charge in [0.05, 0.1) is 6.61 Å². The molecule has 0 unspecified atom stereocenters. The SMILES string of the molecule is CCCCN(C)C(=O)c1cc(C)cc(C#CCCO)c1. The first-order valence-corrected chi connectivity index (χ1v) is 7.05. The molecular weight excluding hydrogens is 250 g/mol. The number of unbranched alkanes of at least 4 members (excludes halogenated alkanes) is 1. The molecule has 1 amide bonds. The first-order valence-electron chi connectivity index (χ1n) is 7.05. The number of rotatable bonds is 5. The fraction of sp³-hybridized carbons (Fsp3) is 0.471. The van der Waals surface area contributed by atoms with Crippen molar-refractivity contribution in [3.8, 4) is 11.8 Å². The summed E-state index contributed by atoms with van der Waals surface area (Å²) in [5, 5.41) is 8.73. The van der Waals surface area contributed by atoms with Gasteiger partial charge in [0.25, 0.3) is 5.91 Å². The van der Waals surface area contributed by atoms with E-state index in [1.54, 1.807) is 4.90 Å². The molecule has 0 aliphatic heterocycles. The Hall–Kier alpha value is -1.79. The van der Waals surface area contributed by atoms with Crippen molar-refractivity contribution in [2.75, 3.05) is 20.2 Å². The molecule has 108 valence electrons. The van der Waals surface area contributed by atoms with Crippen LogP contribution in [-0.4, -0.2) is 36.1 Å². The maximum Gasteiger partial charge on any atom is 0.253 e. The first-order chi connectivity index (χ1) is 9.58. The van der Waals surface area contributed by atoms with E-state index in [9.17, 15) is 4.79 Å². The average Bonchev–Trinajstić information content (AvgIpc) is 2.43. The number of carbonyl (C=O) groups excluding carboxylic acids is 1. The summed E-state index contributed by atoms with van der Waals surface area (Å²) in [5.74, 6) is 5.90. The predicted octanol–water partition coefficient (Wildman–Crippen LogP) is 2.60. The van der Waals surface area contributed by atoms with Crippen molar-refractivity contribution in [1.82, 2.24) is 4.90 Å². The molecule has 0 aliphatic rings. The van der Waals surface area contributed by atoms with E-state index in [1.807, 2.05) is 32.2 Å². The highest BCUT2D eigenvalue weighted by atomic mass is 16.2. The number of aliphatic hydroxyl groups excluding tert-OH is 1. The molecule has 0 aliphatic carbocycles. The van der Waals surface area contributed by atoms with Crippen LogP contribution in [-0.2, 0) is 0 Å². The number of hydrogen-bond donors (Lipinski definition) is 1. The number of nitrogens with zero attached hydrogens (tertiary/aromatic N) is 1. The summed E-state index contributed by atoms with van der Waals surface area (Å²) in [6.45, 7) is 4.90. The number of carbonyl (C=O) groups is 1. The van der Waals surface area contributed by atoms with Gasteiger partial charge < -0.3 is 10.0 Å². The summed E-state index contributed by atoms with van der Waals surface area (Å²) >= 11 is 0. The van der Waals surface area contributed by atoms with Gasteiger partial charge in [-0.25, -0.2) is 0 Å². The van der Waals surface area contributed by atoms with Gasteiger partial charge in [-0.15, -0.1) is 0 Å². The van der Waals surface area contributed by atoms with E-state index in [2.05, 4.69) is 18.8 Å². The number of aryl methyl sites for hydroxylation is 1. The Balaban J connectivity index is 2.90. The molecule has 0 saturated carbocycles. The first kappa shape index (κ1) is 16.3.